The second-order valence-corrected chi connectivity index (χ2v) is 15.1. The summed E-state index contributed by atoms with van der Waals surface area (Å²) in [6.45, 7) is 4.89. The molecule has 0 aliphatic rings. The molecule has 5 heteroatoms. The molecule has 0 amide bonds. The Kier molecular flexibility index (Phi) is 30.9. The summed E-state index contributed by atoms with van der Waals surface area (Å²) in [5, 5.41) is 0. The van der Waals surface area contributed by atoms with Crippen LogP contribution in [0.3, 0.4) is 0 Å². The van der Waals surface area contributed by atoms with E-state index in [9.17, 15) is 9.59 Å². The number of hydrogen-bond donors (Lipinski definition) is 0. The Morgan fingerprint density at radius 1 is 0.500 bits per heavy atom. The van der Waals surface area contributed by atoms with Crippen molar-refractivity contribution in [3.05, 3.63) is 24.3 Å². The predicted octanol–water partition coefficient (Wildman–Crippen LogP) is 12.7. The summed E-state index contributed by atoms with van der Waals surface area (Å²) in [4.78, 5) is 27.0. The van der Waals surface area contributed by atoms with E-state index in [4.69, 9.17) is 4.52 Å². The molecular weight excluding hydrogens is 585 g/mol. The summed E-state index contributed by atoms with van der Waals surface area (Å²) in [6.07, 6.45) is 42.1. The Morgan fingerprint density at radius 2 is 0.783 bits per heavy atom. The van der Waals surface area contributed by atoms with Crippen molar-refractivity contribution in [1.82, 2.24) is 0 Å². The standard InChI is InChI=1S/C41H78NO3P/c1-6-8-10-12-14-16-18-20-22-24-26-28-30-32-34-36-39(43)41(45-46,38-42(3,4)5)40(44)37-35-33-31-29-27-25-23-21-19-17-15-13-11-9-7-2/h20-23,46H,6-19,24-38H2,1-5H3/b22-20+,23-21+. The molecule has 0 aromatic carbocycles. The molecule has 0 rings (SSSR count). The van der Waals surface area contributed by atoms with Gasteiger partial charge in [-0.15, -0.1) is 0 Å². The number of rotatable bonds is 35. The van der Waals surface area contributed by atoms with Gasteiger partial charge in [0.15, 0.2) is 11.6 Å². The minimum Gasteiger partial charge on any atom is -0.541 e. The number of hydrogen-bond acceptors (Lipinski definition) is 3. The van der Waals surface area contributed by atoms with Crippen LogP contribution in [0, 0.1) is 0 Å². The third kappa shape index (κ3) is 26.2. The molecule has 4 nitrogen and oxygen atoms in total. The monoisotopic (exact) mass is 664 g/mol. The average molecular weight is 664 g/mol. The van der Waals surface area contributed by atoms with Crippen LogP contribution in [-0.4, -0.2) is 49.3 Å². The molecule has 0 spiro atoms. The smallest absolute Gasteiger partial charge is 0.204 e. The topological polar surface area (TPSA) is 43.4 Å². The minimum atomic E-state index is -1.39. The van der Waals surface area contributed by atoms with Gasteiger partial charge in [-0.1, -0.05) is 141 Å². The molecule has 46 heavy (non-hydrogen) atoms. The summed E-state index contributed by atoms with van der Waals surface area (Å²) in [5.41, 5.74) is -1.39. The maximum Gasteiger partial charge on any atom is 0.204 e. The number of Topliss-reactive ketones (excluding diaryl/α,β-unsaturated/α-hetero) is 2. The third-order valence-corrected chi connectivity index (χ3v) is 9.45. The number of nitrogens with zero attached hydrogens (tertiary/aromatic N) is 1. The van der Waals surface area contributed by atoms with Crippen molar-refractivity contribution in [2.24, 2.45) is 0 Å². The molecule has 0 aromatic heterocycles. The van der Waals surface area contributed by atoms with Gasteiger partial charge in [0.25, 0.3) is 0 Å². The first-order chi connectivity index (χ1) is 22.2. The molecule has 0 atom stereocenters. The van der Waals surface area contributed by atoms with Crippen LogP contribution in [0.1, 0.15) is 194 Å². The number of ketones is 2. The summed E-state index contributed by atoms with van der Waals surface area (Å²) in [6, 6.07) is 0. The highest BCUT2D eigenvalue weighted by Gasteiger charge is 2.46. The fourth-order valence-electron chi connectivity index (χ4n) is 6.26. The zero-order chi connectivity index (χ0) is 34.2. The lowest BCUT2D eigenvalue weighted by Crippen LogP contribution is -2.58. The largest absolute Gasteiger partial charge is 0.541 e. The molecule has 0 fully saturated rings. The zero-order valence-corrected chi connectivity index (χ0v) is 32.5. The lowest BCUT2D eigenvalue weighted by molar-refractivity contribution is -0.873. The third-order valence-electron chi connectivity index (χ3n) is 9.10. The van der Waals surface area contributed by atoms with Gasteiger partial charge in [0, 0.05) is 12.8 Å². The van der Waals surface area contributed by atoms with Gasteiger partial charge < -0.3 is 18.5 Å². The van der Waals surface area contributed by atoms with Crippen molar-refractivity contribution < 1.29 is 18.6 Å². The molecule has 0 heterocycles. The van der Waals surface area contributed by atoms with E-state index in [2.05, 4.69) is 47.6 Å². The molecule has 0 bridgehead atoms. The quantitative estimate of drug-likeness (QED) is 0.0223. The number of carbonyl (C=O) groups is 2. The highest BCUT2D eigenvalue weighted by atomic mass is 31.0. The Morgan fingerprint density at radius 3 is 1.07 bits per heavy atom. The molecule has 0 N–H and O–H groups in total. The molecule has 0 aliphatic heterocycles. The first kappa shape index (κ1) is 45.2. The van der Waals surface area contributed by atoms with Crippen molar-refractivity contribution in [1.29, 1.82) is 0 Å². The Hall–Kier alpha value is -0.830. The molecule has 0 saturated heterocycles. The molecule has 0 aliphatic carbocycles. The van der Waals surface area contributed by atoms with Crippen molar-refractivity contribution in [3.8, 4) is 0 Å². The lowest BCUT2D eigenvalue weighted by atomic mass is 9.86. The maximum absolute atomic E-state index is 13.5. The van der Waals surface area contributed by atoms with Crippen molar-refractivity contribution in [3.63, 3.8) is 0 Å². The number of carbonyl (C=O) groups excluding carboxylic acids is 2. The Balaban J connectivity index is 4.26. The van der Waals surface area contributed by atoms with Gasteiger partial charge in [-0.25, -0.2) is 0 Å². The van der Waals surface area contributed by atoms with Crippen LogP contribution >= 0.6 is 9.47 Å². The molecule has 0 unspecified atom stereocenters. The predicted molar refractivity (Wildman–Crippen MR) is 204 cm³/mol. The fourth-order valence-corrected chi connectivity index (χ4v) is 6.55. The lowest BCUT2D eigenvalue weighted by Gasteiger charge is -2.39. The first-order valence-electron chi connectivity index (χ1n) is 19.7. The number of allylic oxidation sites excluding steroid dienone is 4. The van der Waals surface area contributed by atoms with E-state index in [0.29, 0.717) is 23.9 Å². The van der Waals surface area contributed by atoms with Gasteiger partial charge >= 0.3 is 0 Å². The number of quaternary nitrogens is 1. The second-order valence-electron chi connectivity index (χ2n) is 14.9. The molecule has 270 valence electrons. The summed E-state index contributed by atoms with van der Waals surface area (Å²) in [7, 11) is 9.25. The van der Waals surface area contributed by atoms with E-state index in [1.807, 2.05) is 21.1 Å². The van der Waals surface area contributed by atoms with Crippen molar-refractivity contribution in [2.75, 3.05) is 27.7 Å². The Labute approximate surface area is 290 Å². The normalized spacial score (nSPS) is 12.6. The highest BCUT2D eigenvalue weighted by Crippen LogP contribution is 2.27. The van der Waals surface area contributed by atoms with Gasteiger partial charge in [-0.2, -0.15) is 0 Å². The average Bonchev–Trinajstić information content (AvgIpc) is 3.02. The zero-order valence-electron chi connectivity index (χ0n) is 31.5. The van der Waals surface area contributed by atoms with Crippen LogP contribution < -0.4 is 0 Å². The molecule has 0 radical (unpaired) electrons. The van der Waals surface area contributed by atoms with E-state index in [-0.39, 0.29) is 11.6 Å². The van der Waals surface area contributed by atoms with Gasteiger partial charge in [-0.3, -0.25) is 9.59 Å². The highest BCUT2D eigenvalue weighted by molar-refractivity contribution is 7.10. The van der Waals surface area contributed by atoms with Crippen LogP contribution in [0.15, 0.2) is 24.3 Å². The summed E-state index contributed by atoms with van der Waals surface area (Å²) in [5.74, 6) is -0.128. The SMILES string of the molecule is CCCCCCCC/C=C/CCCCCCCC(=O)C(C[N+](C)(C)C)(O[PH-])C(=O)CCCCCCC/C=C/CCCCCCCC. The number of unbranched alkanes of at least 4 members (excludes halogenated alkanes) is 22. The van der Waals surface area contributed by atoms with Gasteiger partial charge in [0.2, 0.25) is 5.60 Å². The second kappa shape index (κ2) is 31.4. The van der Waals surface area contributed by atoms with Crippen molar-refractivity contribution in [2.45, 2.75) is 199 Å². The molecule has 0 aromatic rings. The fraction of sp³-hybridized carbons (Fsp3) is 0.854. The van der Waals surface area contributed by atoms with Crippen LogP contribution in [0.4, 0.5) is 0 Å². The minimum absolute atomic E-state index is 0.0640. The van der Waals surface area contributed by atoms with Crippen molar-refractivity contribution >= 4 is 21.0 Å². The van der Waals surface area contributed by atoms with Crippen LogP contribution in [0.2, 0.25) is 0 Å². The summed E-state index contributed by atoms with van der Waals surface area (Å²) >= 11 is 0. The van der Waals surface area contributed by atoms with Gasteiger partial charge in [0.1, 0.15) is 6.54 Å². The molecular formula is C41H78NO3P. The van der Waals surface area contributed by atoms with E-state index >= 15 is 0 Å². The van der Waals surface area contributed by atoms with Crippen LogP contribution in [0.5, 0.6) is 0 Å². The Bertz CT molecular complexity index is 718. The van der Waals surface area contributed by atoms with E-state index in [1.54, 1.807) is 0 Å². The van der Waals surface area contributed by atoms with E-state index in [1.165, 1.54) is 116 Å². The first-order valence-corrected chi connectivity index (χ1v) is 20.2. The van der Waals surface area contributed by atoms with Gasteiger partial charge in [0.05, 0.1) is 21.1 Å². The van der Waals surface area contributed by atoms with E-state index < -0.39 is 5.60 Å². The maximum atomic E-state index is 13.5. The van der Waals surface area contributed by atoms with Crippen LogP contribution in [-0.2, 0) is 14.1 Å². The van der Waals surface area contributed by atoms with Gasteiger partial charge in [-0.05, 0) is 64.2 Å². The van der Waals surface area contributed by atoms with Crippen LogP contribution in [0.25, 0.3) is 0 Å². The summed E-state index contributed by atoms with van der Waals surface area (Å²) < 4.78 is 6.16. The molecule has 0 saturated carbocycles. The van der Waals surface area contributed by atoms with E-state index in [0.717, 1.165) is 51.4 Å². The number of likely N-dealkylation sites (N-methyl/N-ethyl adjacent to an activating group) is 1.